The highest BCUT2D eigenvalue weighted by Gasteiger charge is 2.09. The molecule has 0 saturated heterocycles. The molecule has 80 valence electrons. The lowest BCUT2D eigenvalue weighted by Crippen LogP contribution is -2.01. The van der Waals surface area contributed by atoms with Crippen molar-refractivity contribution < 1.29 is 9.18 Å². The first-order valence-electron chi connectivity index (χ1n) is 5.04. The van der Waals surface area contributed by atoms with E-state index in [2.05, 4.69) is 0 Å². The fourth-order valence-corrected chi connectivity index (χ4v) is 1.54. The third-order valence-corrected chi connectivity index (χ3v) is 2.46. The Labute approximate surface area is 93.5 Å². The van der Waals surface area contributed by atoms with Gasteiger partial charge in [-0.05, 0) is 30.7 Å². The van der Waals surface area contributed by atoms with Crippen LogP contribution in [0.25, 0.3) is 0 Å². The fourth-order valence-electron chi connectivity index (χ4n) is 1.54. The van der Waals surface area contributed by atoms with E-state index in [1.54, 1.807) is 25.1 Å². The molecule has 0 aliphatic rings. The Bertz CT molecular complexity index is 518. The van der Waals surface area contributed by atoms with Gasteiger partial charge < -0.3 is 0 Å². The van der Waals surface area contributed by atoms with Crippen LogP contribution in [0.2, 0.25) is 0 Å². The first-order valence-corrected chi connectivity index (χ1v) is 5.04. The fraction of sp³-hybridized carbons (Fsp3) is 0.0714. The number of hydrogen-bond donors (Lipinski definition) is 0. The Morgan fingerprint density at radius 3 is 2.31 bits per heavy atom. The van der Waals surface area contributed by atoms with Crippen LogP contribution in [-0.2, 0) is 0 Å². The van der Waals surface area contributed by atoms with Gasteiger partial charge in [-0.2, -0.15) is 0 Å². The molecule has 2 rings (SSSR count). The Morgan fingerprint density at radius 2 is 1.69 bits per heavy atom. The largest absolute Gasteiger partial charge is 0.289 e. The Hall–Kier alpha value is -1.96. The molecule has 0 unspecified atom stereocenters. The average molecular weight is 213 g/mol. The molecule has 0 radical (unpaired) electrons. The lowest BCUT2D eigenvalue weighted by atomic mass is 9.69. The van der Waals surface area contributed by atoms with E-state index in [4.69, 9.17) is 0 Å². The lowest BCUT2D eigenvalue weighted by Gasteiger charge is -2.02. The molecule has 0 spiro atoms. The van der Waals surface area contributed by atoms with Crippen molar-refractivity contribution in [3.05, 3.63) is 71.0 Å². The summed E-state index contributed by atoms with van der Waals surface area (Å²) in [6.45, 7) is 1.65. The zero-order valence-electron chi connectivity index (χ0n) is 8.91. The molecule has 16 heavy (non-hydrogen) atoms. The molecule has 0 N–H and O–H groups in total. The summed E-state index contributed by atoms with van der Waals surface area (Å²) in [4.78, 5) is 12.0. The predicted octanol–water partition coefficient (Wildman–Crippen LogP) is 3.37. The van der Waals surface area contributed by atoms with Crippen molar-refractivity contribution >= 4 is 5.78 Å². The second-order valence-corrected chi connectivity index (χ2v) is 3.66. The molecule has 0 fully saturated rings. The maximum absolute atomic E-state index is 13.1. The molecule has 0 aromatic heterocycles. The second kappa shape index (κ2) is 4.27. The van der Waals surface area contributed by atoms with Crippen LogP contribution in [0.1, 0.15) is 21.5 Å². The number of ketones is 1. The van der Waals surface area contributed by atoms with Gasteiger partial charge in [0.2, 0.25) is 0 Å². The molecular formula is C14H11FO. The van der Waals surface area contributed by atoms with Crippen LogP contribution in [0, 0.1) is 12.7 Å². The molecule has 1 nitrogen and oxygen atoms in total. The summed E-state index contributed by atoms with van der Waals surface area (Å²) in [5.41, 5.74) is 1.63. The standard InChI is InChI=1S/C14H11FO/c1-10-9-12(7-8-13(10)15)14(16)11-5-3-2-4-6-11/h2-9H,1H3/i14-1. The molecule has 2 aromatic rings. The van der Waals surface area contributed by atoms with Crippen molar-refractivity contribution in [3.8, 4) is 0 Å². The molecule has 0 amide bonds. The molecule has 2 heteroatoms. The van der Waals surface area contributed by atoms with Crippen LogP contribution in [-0.4, -0.2) is 5.78 Å². The van der Waals surface area contributed by atoms with E-state index in [0.29, 0.717) is 16.7 Å². The van der Waals surface area contributed by atoms with Crippen molar-refractivity contribution in [1.82, 2.24) is 0 Å². The Kier molecular flexibility index (Phi) is 2.82. The summed E-state index contributed by atoms with van der Waals surface area (Å²) in [6.07, 6.45) is 0. The van der Waals surface area contributed by atoms with Gasteiger partial charge in [0.05, 0.1) is 0 Å². The predicted molar refractivity (Wildman–Crippen MR) is 61.0 cm³/mol. The zero-order valence-corrected chi connectivity index (χ0v) is 8.91. The van der Waals surface area contributed by atoms with E-state index in [0.717, 1.165) is 0 Å². The quantitative estimate of drug-likeness (QED) is 0.699. The maximum Gasteiger partial charge on any atom is 0.193 e. The minimum atomic E-state index is -0.287. The summed E-state index contributed by atoms with van der Waals surface area (Å²) < 4.78 is 13.1. The monoisotopic (exact) mass is 213 g/mol. The van der Waals surface area contributed by atoms with Crippen LogP contribution in [0.3, 0.4) is 0 Å². The first-order chi connectivity index (χ1) is 7.68. The van der Waals surface area contributed by atoms with Crippen LogP contribution in [0.4, 0.5) is 4.39 Å². The molecule has 0 heterocycles. The number of benzene rings is 2. The van der Waals surface area contributed by atoms with Crippen LogP contribution < -0.4 is 0 Å². The molecule has 0 bridgehead atoms. The van der Waals surface area contributed by atoms with Gasteiger partial charge in [-0.1, -0.05) is 30.3 Å². The van der Waals surface area contributed by atoms with Gasteiger partial charge in [0.1, 0.15) is 5.82 Å². The second-order valence-electron chi connectivity index (χ2n) is 3.66. The highest BCUT2D eigenvalue weighted by molar-refractivity contribution is 6.09. The molecule has 0 aliphatic carbocycles. The smallest absolute Gasteiger partial charge is 0.193 e. The number of rotatable bonds is 2. The van der Waals surface area contributed by atoms with Gasteiger partial charge in [-0.15, -0.1) is 0 Å². The highest BCUT2D eigenvalue weighted by atomic mass is 19.1. The van der Waals surface area contributed by atoms with Gasteiger partial charge in [-0.3, -0.25) is 4.79 Å². The van der Waals surface area contributed by atoms with Gasteiger partial charge in [0.15, 0.2) is 5.78 Å². The summed E-state index contributed by atoms with van der Waals surface area (Å²) in [6, 6.07) is 13.4. The lowest BCUT2D eigenvalue weighted by molar-refractivity contribution is 0.103. The average Bonchev–Trinajstić information content (AvgIpc) is 2.33. The van der Waals surface area contributed by atoms with E-state index < -0.39 is 0 Å². The van der Waals surface area contributed by atoms with Crippen molar-refractivity contribution in [2.75, 3.05) is 0 Å². The zero-order chi connectivity index (χ0) is 11.5. The maximum atomic E-state index is 13.1. The van der Waals surface area contributed by atoms with Crippen LogP contribution in [0.5, 0.6) is 0 Å². The summed E-state index contributed by atoms with van der Waals surface area (Å²) in [5, 5.41) is 0. The summed E-state index contributed by atoms with van der Waals surface area (Å²) in [5.74, 6) is -0.367. The highest BCUT2D eigenvalue weighted by Crippen LogP contribution is 2.13. The number of aryl methyl sites for hydroxylation is 1. The van der Waals surface area contributed by atoms with Crippen LogP contribution >= 0.6 is 0 Å². The first kappa shape index (κ1) is 10.6. The molecule has 2 aromatic carbocycles. The number of carbonyl (C=O) groups is 1. The third-order valence-electron chi connectivity index (χ3n) is 2.46. The minimum absolute atomic E-state index is 0.0799. The molecular weight excluding hydrogens is 202 g/mol. The number of hydrogen-bond acceptors (Lipinski definition) is 1. The van der Waals surface area contributed by atoms with E-state index in [9.17, 15) is 9.18 Å². The van der Waals surface area contributed by atoms with E-state index in [-0.39, 0.29) is 11.6 Å². The van der Waals surface area contributed by atoms with Crippen molar-refractivity contribution in [3.63, 3.8) is 0 Å². The Balaban J connectivity index is 2.39. The summed E-state index contributed by atoms with van der Waals surface area (Å²) in [7, 11) is 0. The normalized spacial score (nSPS) is 10.1. The van der Waals surface area contributed by atoms with E-state index in [1.165, 1.54) is 12.1 Å². The van der Waals surface area contributed by atoms with Crippen molar-refractivity contribution in [1.29, 1.82) is 0 Å². The molecule has 0 aliphatic heterocycles. The van der Waals surface area contributed by atoms with Crippen molar-refractivity contribution in [2.45, 2.75) is 6.92 Å². The van der Waals surface area contributed by atoms with Crippen molar-refractivity contribution in [2.24, 2.45) is 0 Å². The van der Waals surface area contributed by atoms with Crippen LogP contribution in [0.15, 0.2) is 48.5 Å². The Morgan fingerprint density at radius 1 is 1.00 bits per heavy atom. The topological polar surface area (TPSA) is 17.1 Å². The van der Waals surface area contributed by atoms with Gasteiger partial charge in [0, 0.05) is 11.1 Å². The SMILES string of the molecule is Cc1cc([11C](=O)c2ccccc2)ccc1F. The number of carbonyl (C=O) groups excluding carboxylic acids is 1. The van der Waals surface area contributed by atoms with E-state index >= 15 is 0 Å². The molecule has 0 saturated carbocycles. The third kappa shape index (κ3) is 2.01. The summed E-state index contributed by atoms with van der Waals surface area (Å²) >= 11 is 0. The number of halogens is 1. The minimum Gasteiger partial charge on any atom is -0.289 e. The van der Waals surface area contributed by atoms with Gasteiger partial charge in [-0.25, -0.2) is 4.39 Å². The van der Waals surface area contributed by atoms with Gasteiger partial charge in [0.25, 0.3) is 0 Å². The van der Waals surface area contributed by atoms with Gasteiger partial charge >= 0.3 is 0 Å². The van der Waals surface area contributed by atoms with E-state index in [1.807, 2.05) is 18.2 Å². The molecule has 0 atom stereocenters.